The number of nitrogens with one attached hydrogen (secondary N) is 1. The second-order valence-electron chi connectivity index (χ2n) is 12.1. The van der Waals surface area contributed by atoms with Crippen LogP contribution in [0.2, 0.25) is 0 Å². The number of fused-ring (bicyclic) bond motifs is 6. The van der Waals surface area contributed by atoms with E-state index < -0.39 is 0 Å². The maximum atomic E-state index is 13.7. The molecule has 5 heteroatoms. The number of aromatic amines is 1. The molecular weight excluding hydrogens is 542 g/mol. The molecule has 0 atom stereocenters. The fourth-order valence-corrected chi connectivity index (χ4v) is 7.61. The Morgan fingerprint density at radius 3 is 1.91 bits per heavy atom. The topological polar surface area (TPSA) is 66.1 Å². The Morgan fingerprint density at radius 2 is 1.16 bits per heavy atom. The maximum absolute atomic E-state index is 13.7. The standard InChI is InChI=1S/C39H29N3O2/c43-38-32-16-8-15-29-26(21-22-33(34(29)32)39(44)42(38)25-9-2-1-3-10-25)23-17-19-24(20-18-23)37-40-35-30-13-6-4-11-27(30)28-12-5-7-14-31(28)36(35)41-37/h4-8,11-22,25H,1-3,9-10H2,(H,40,41). The number of imide groups is 1. The summed E-state index contributed by atoms with van der Waals surface area (Å²) in [6.07, 6.45) is 5.09. The summed E-state index contributed by atoms with van der Waals surface area (Å²) in [5.74, 6) is 0.513. The van der Waals surface area contributed by atoms with Crippen LogP contribution in [-0.2, 0) is 0 Å². The van der Waals surface area contributed by atoms with Crippen molar-refractivity contribution in [1.29, 1.82) is 0 Å². The lowest BCUT2D eigenvalue weighted by atomic mass is 9.86. The average Bonchev–Trinajstić information content (AvgIpc) is 3.54. The molecule has 2 amide bonds. The predicted molar refractivity (Wildman–Crippen MR) is 177 cm³/mol. The van der Waals surface area contributed by atoms with E-state index in [-0.39, 0.29) is 17.9 Å². The molecule has 0 saturated heterocycles. The Hall–Kier alpha value is -5.29. The highest BCUT2D eigenvalue weighted by atomic mass is 16.2. The molecule has 0 unspecified atom stereocenters. The van der Waals surface area contributed by atoms with Crippen molar-refractivity contribution in [3.63, 3.8) is 0 Å². The second kappa shape index (κ2) is 9.61. The van der Waals surface area contributed by atoms with Gasteiger partial charge in [0.1, 0.15) is 5.82 Å². The zero-order valence-electron chi connectivity index (χ0n) is 24.1. The van der Waals surface area contributed by atoms with Gasteiger partial charge in [0, 0.05) is 38.9 Å². The van der Waals surface area contributed by atoms with E-state index in [1.54, 1.807) is 4.90 Å². The summed E-state index contributed by atoms with van der Waals surface area (Å²) >= 11 is 0. The van der Waals surface area contributed by atoms with E-state index in [1.807, 2.05) is 30.3 Å². The number of carbonyl (C=O) groups excluding carboxylic acids is 2. The van der Waals surface area contributed by atoms with Gasteiger partial charge < -0.3 is 4.98 Å². The number of carbonyl (C=O) groups is 2. The van der Waals surface area contributed by atoms with Crippen molar-refractivity contribution in [2.45, 2.75) is 38.1 Å². The number of imidazole rings is 1. The number of H-pyrrole nitrogens is 1. The number of rotatable bonds is 3. The van der Waals surface area contributed by atoms with Crippen molar-refractivity contribution >= 4 is 55.2 Å². The fourth-order valence-electron chi connectivity index (χ4n) is 7.61. The van der Waals surface area contributed by atoms with Crippen molar-refractivity contribution in [1.82, 2.24) is 14.9 Å². The third-order valence-electron chi connectivity index (χ3n) is 9.72. The molecule has 9 rings (SSSR count). The van der Waals surface area contributed by atoms with Crippen molar-refractivity contribution < 1.29 is 9.59 Å². The minimum Gasteiger partial charge on any atom is -0.337 e. The number of nitrogens with zero attached hydrogens (tertiary/aromatic N) is 2. The SMILES string of the molecule is O=C1c2cccc3c(-c4ccc(-c5nc6c7ccccc7c7ccccc7c6[nH]5)cc4)ccc(c23)C(=O)N1C1CCCCC1. The third kappa shape index (κ3) is 3.62. The smallest absolute Gasteiger partial charge is 0.261 e. The molecule has 44 heavy (non-hydrogen) atoms. The lowest BCUT2D eigenvalue weighted by molar-refractivity contribution is 0.0503. The van der Waals surface area contributed by atoms with Gasteiger partial charge in [-0.25, -0.2) is 4.98 Å². The minimum atomic E-state index is -0.155. The van der Waals surface area contributed by atoms with Crippen LogP contribution in [0.5, 0.6) is 0 Å². The van der Waals surface area contributed by atoms with E-state index in [2.05, 4.69) is 77.8 Å². The summed E-state index contributed by atoms with van der Waals surface area (Å²) in [7, 11) is 0. The van der Waals surface area contributed by atoms with Crippen LogP contribution in [0.1, 0.15) is 52.8 Å². The molecule has 1 aromatic heterocycles. The van der Waals surface area contributed by atoms with Crippen LogP contribution >= 0.6 is 0 Å². The zero-order chi connectivity index (χ0) is 29.4. The average molecular weight is 572 g/mol. The third-order valence-corrected chi connectivity index (χ3v) is 9.72. The molecule has 0 spiro atoms. The Morgan fingerprint density at radius 1 is 0.568 bits per heavy atom. The lowest BCUT2D eigenvalue weighted by Gasteiger charge is -2.36. The minimum absolute atomic E-state index is 0.00592. The van der Waals surface area contributed by atoms with Crippen molar-refractivity contribution in [3.05, 3.63) is 114 Å². The first kappa shape index (κ1) is 25.2. The summed E-state index contributed by atoms with van der Waals surface area (Å²) in [4.78, 5) is 37.6. The van der Waals surface area contributed by atoms with Gasteiger partial charge in [-0.2, -0.15) is 0 Å². The van der Waals surface area contributed by atoms with Gasteiger partial charge >= 0.3 is 0 Å². The molecule has 5 nitrogen and oxygen atoms in total. The van der Waals surface area contributed by atoms with Crippen LogP contribution in [0.3, 0.4) is 0 Å². The molecule has 2 heterocycles. The molecule has 1 N–H and O–H groups in total. The monoisotopic (exact) mass is 571 g/mol. The highest BCUT2D eigenvalue weighted by Gasteiger charge is 2.38. The number of benzene rings is 6. The summed E-state index contributed by atoms with van der Waals surface area (Å²) in [6, 6.07) is 35.1. The summed E-state index contributed by atoms with van der Waals surface area (Å²) in [6.45, 7) is 0. The molecule has 2 aliphatic rings. The van der Waals surface area contributed by atoms with E-state index in [0.29, 0.717) is 11.1 Å². The summed E-state index contributed by atoms with van der Waals surface area (Å²) < 4.78 is 0. The zero-order valence-corrected chi connectivity index (χ0v) is 24.1. The molecular formula is C39H29N3O2. The normalized spacial score (nSPS) is 15.7. The van der Waals surface area contributed by atoms with Crippen molar-refractivity contribution in [2.24, 2.45) is 0 Å². The van der Waals surface area contributed by atoms with E-state index in [1.165, 1.54) is 17.2 Å². The summed E-state index contributed by atoms with van der Waals surface area (Å²) in [5.41, 5.74) is 6.29. The van der Waals surface area contributed by atoms with Gasteiger partial charge in [0.15, 0.2) is 0 Å². The molecule has 1 aliphatic heterocycles. The first-order valence-corrected chi connectivity index (χ1v) is 15.5. The van der Waals surface area contributed by atoms with Crippen LogP contribution in [0.25, 0.3) is 65.9 Å². The lowest BCUT2D eigenvalue weighted by Crippen LogP contribution is -2.47. The highest BCUT2D eigenvalue weighted by Crippen LogP contribution is 2.40. The number of amides is 2. The molecule has 1 saturated carbocycles. The first-order chi connectivity index (χ1) is 21.7. The Labute approximate surface area is 254 Å². The first-order valence-electron chi connectivity index (χ1n) is 15.5. The largest absolute Gasteiger partial charge is 0.337 e. The predicted octanol–water partition coefficient (Wildman–Crippen LogP) is 9.29. The Bertz CT molecular complexity index is 2210. The van der Waals surface area contributed by atoms with Crippen LogP contribution in [-0.4, -0.2) is 32.7 Å². The van der Waals surface area contributed by atoms with Crippen LogP contribution < -0.4 is 0 Å². The molecule has 6 aromatic carbocycles. The molecule has 7 aromatic rings. The van der Waals surface area contributed by atoms with Crippen molar-refractivity contribution in [3.8, 4) is 22.5 Å². The second-order valence-corrected chi connectivity index (χ2v) is 12.1. The van der Waals surface area contributed by atoms with Gasteiger partial charge in [-0.05, 0) is 52.3 Å². The van der Waals surface area contributed by atoms with Gasteiger partial charge in [-0.15, -0.1) is 0 Å². The number of hydrogen-bond donors (Lipinski definition) is 1. The fraction of sp³-hybridized carbons (Fsp3) is 0.154. The Balaban J connectivity index is 1.13. The number of aromatic nitrogens is 2. The van der Waals surface area contributed by atoms with Gasteiger partial charge in [-0.3, -0.25) is 14.5 Å². The van der Waals surface area contributed by atoms with Gasteiger partial charge in [-0.1, -0.05) is 110 Å². The van der Waals surface area contributed by atoms with Crippen molar-refractivity contribution in [2.75, 3.05) is 0 Å². The number of hydrogen-bond acceptors (Lipinski definition) is 3. The van der Waals surface area contributed by atoms with Gasteiger partial charge in [0.25, 0.3) is 11.8 Å². The molecule has 1 aliphatic carbocycles. The van der Waals surface area contributed by atoms with E-state index in [4.69, 9.17) is 4.98 Å². The molecule has 212 valence electrons. The van der Waals surface area contributed by atoms with E-state index in [9.17, 15) is 9.59 Å². The maximum Gasteiger partial charge on any atom is 0.261 e. The van der Waals surface area contributed by atoms with Gasteiger partial charge in [0.05, 0.1) is 11.0 Å². The summed E-state index contributed by atoms with van der Waals surface area (Å²) in [5, 5.41) is 6.40. The van der Waals surface area contributed by atoms with E-state index in [0.717, 1.165) is 80.8 Å². The van der Waals surface area contributed by atoms with E-state index >= 15 is 0 Å². The van der Waals surface area contributed by atoms with Crippen LogP contribution in [0, 0.1) is 0 Å². The molecule has 0 bridgehead atoms. The van der Waals surface area contributed by atoms with Crippen LogP contribution in [0.4, 0.5) is 0 Å². The molecule has 0 radical (unpaired) electrons. The van der Waals surface area contributed by atoms with Gasteiger partial charge in [0.2, 0.25) is 0 Å². The quantitative estimate of drug-likeness (QED) is 0.170. The Kier molecular flexibility index (Phi) is 5.51. The van der Waals surface area contributed by atoms with Crippen LogP contribution in [0.15, 0.2) is 103 Å². The molecule has 1 fully saturated rings. The highest BCUT2D eigenvalue weighted by molar-refractivity contribution is 6.27.